The van der Waals surface area contributed by atoms with E-state index < -0.39 is 22.3 Å². The van der Waals surface area contributed by atoms with E-state index in [0.717, 1.165) is 0 Å². The van der Waals surface area contributed by atoms with Gasteiger partial charge in [-0.2, -0.15) is 4.98 Å². The van der Waals surface area contributed by atoms with Gasteiger partial charge in [-0.25, -0.2) is 4.79 Å². The van der Waals surface area contributed by atoms with Gasteiger partial charge in [-0.15, -0.1) is 0 Å². The maximum atomic E-state index is 12.5. The van der Waals surface area contributed by atoms with Crippen LogP contribution in [-0.4, -0.2) is 35.2 Å². The number of hydrogen-bond donors (Lipinski definition) is 3. The van der Waals surface area contributed by atoms with Crippen molar-refractivity contribution in [2.45, 2.75) is 25.6 Å². The van der Waals surface area contributed by atoms with E-state index in [2.05, 4.69) is 15.3 Å². The summed E-state index contributed by atoms with van der Waals surface area (Å²) in [5, 5.41) is 24.6. The van der Waals surface area contributed by atoms with Gasteiger partial charge < -0.3 is 19.4 Å². The smallest absolute Gasteiger partial charge is 0.329 e. The fourth-order valence-corrected chi connectivity index (χ4v) is 3.43. The van der Waals surface area contributed by atoms with Crippen molar-refractivity contribution in [3.05, 3.63) is 84.9 Å². The molecule has 1 aromatic carbocycles. The molecule has 32 heavy (non-hydrogen) atoms. The third-order valence-electron chi connectivity index (χ3n) is 5.02. The van der Waals surface area contributed by atoms with Gasteiger partial charge in [-0.05, 0) is 17.7 Å². The second-order valence-corrected chi connectivity index (χ2v) is 7.25. The Labute approximate surface area is 179 Å². The molecule has 0 aliphatic carbocycles. The quantitative estimate of drug-likeness (QED) is 0.271. The molecule has 0 aliphatic rings. The van der Waals surface area contributed by atoms with Gasteiger partial charge in [0, 0.05) is 25.6 Å². The number of aliphatic hydroxyl groups is 1. The van der Waals surface area contributed by atoms with Crippen molar-refractivity contribution >= 4 is 22.8 Å². The van der Waals surface area contributed by atoms with Gasteiger partial charge in [0.25, 0.3) is 11.2 Å². The summed E-state index contributed by atoms with van der Waals surface area (Å²) >= 11 is 0. The Kier molecular flexibility index (Phi) is 5.60. The van der Waals surface area contributed by atoms with Crippen molar-refractivity contribution in [3.63, 3.8) is 0 Å². The number of hydrogen-bond acceptors (Lipinski definition) is 8. The van der Waals surface area contributed by atoms with E-state index in [-0.39, 0.29) is 42.3 Å². The minimum Gasteiger partial charge on any atom is -0.467 e. The number of nitrogens with one attached hydrogen (secondary N) is 2. The zero-order chi connectivity index (χ0) is 22.8. The molecule has 3 aromatic heterocycles. The topological polar surface area (TPSA) is 161 Å². The van der Waals surface area contributed by atoms with Gasteiger partial charge in [-0.1, -0.05) is 12.1 Å². The third-order valence-corrected chi connectivity index (χ3v) is 5.02. The Hall–Kier alpha value is -4.19. The zero-order valence-electron chi connectivity index (χ0n) is 17.0. The Bertz CT molecular complexity index is 1370. The van der Waals surface area contributed by atoms with E-state index >= 15 is 0 Å². The van der Waals surface area contributed by atoms with E-state index in [0.29, 0.717) is 11.3 Å². The van der Waals surface area contributed by atoms with E-state index in [1.807, 2.05) is 0 Å². The van der Waals surface area contributed by atoms with Crippen LogP contribution >= 0.6 is 0 Å². The molecule has 0 saturated heterocycles. The first-order chi connectivity index (χ1) is 15.3. The first-order valence-electron chi connectivity index (χ1n) is 9.70. The largest absolute Gasteiger partial charge is 0.467 e. The lowest BCUT2D eigenvalue weighted by atomic mass is 10.1. The van der Waals surface area contributed by atoms with Crippen LogP contribution in [0.25, 0.3) is 11.2 Å². The summed E-state index contributed by atoms with van der Waals surface area (Å²) in [5.41, 5.74) is -0.264. The first kappa shape index (κ1) is 21.1. The number of fused-ring (bicyclic) bond motifs is 1. The second-order valence-electron chi connectivity index (χ2n) is 7.25. The van der Waals surface area contributed by atoms with Crippen molar-refractivity contribution in [1.29, 1.82) is 0 Å². The highest BCUT2D eigenvalue weighted by Crippen LogP contribution is 2.19. The van der Waals surface area contributed by atoms with Gasteiger partial charge in [0.1, 0.15) is 5.76 Å². The van der Waals surface area contributed by atoms with Gasteiger partial charge in [0.15, 0.2) is 11.2 Å². The molecule has 0 radical (unpaired) electrons. The molecule has 0 saturated carbocycles. The molecule has 3 N–H and O–H groups in total. The SMILES string of the molecule is Cn1c(=O)[nH]c(=O)c2c1nc(NCc1ccco1)n2C[C@@H](O)Cc1ccc([N+](=O)[O-])cc1. The normalized spacial score (nSPS) is 12.2. The number of aryl methyl sites for hydroxylation is 1. The average molecular weight is 440 g/mol. The van der Waals surface area contributed by atoms with Gasteiger partial charge in [-0.3, -0.25) is 24.5 Å². The predicted octanol–water partition coefficient (Wildman–Crippen LogP) is 1.14. The fourth-order valence-electron chi connectivity index (χ4n) is 3.43. The number of imidazole rings is 1. The average Bonchev–Trinajstić information content (AvgIpc) is 3.39. The molecule has 3 heterocycles. The number of aliphatic hydroxyl groups excluding tert-OH is 1. The van der Waals surface area contributed by atoms with E-state index in [1.54, 1.807) is 24.3 Å². The molecule has 0 amide bonds. The van der Waals surface area contributed by atoms with E-state index in [9.17, 15) is 24.8 Å². The van der Waals surface area contributed by atoms with Crippen LogP contribution in [0, 0.1) is 10.1 Å². The molecule has 0 aliphatic heterocycles. The van der Waals surface area contributed by atoms with Crippen LogP contribution in [0.3, 0.4) is 0 Å². The fraction of sp³-hybridized carbons (Fsp3) is 0.250. The summed E-state index contributed by atoms with van der Waals surface area (Å²) in [4.78, 5) is 41.5. The second kappa shape index (κ2) is 8.51. The molecule has 0 unspecified atom stereocenters. The summed E-state index contributed by atoms with van der Waals surface area (Å²) < 4.78 is 8.03. The maximum Gasteiger partial charge on any atom is 0.329 e. The monoisotopic (exact) mass is 440 g/mol. The molecule has 0 fully saturated rings. The van der Waals surface area contributed by atoms with Crippen molar-refractivity contribution in [2.24, 2.45) is 7.05 Å². The lowest BCUT2D eigenvalue weighted by Gasteiger charge is -2.15. The number of anilines is 1. The number of nitro benzene ring substituents is 1. The Balaban J connectivity index is 1.65. The van der Waals surface area contributed by atoms with Crippen LogP contribution in [0.4, 0.5) is 11.6 Å². The Morgan fingerprint density at radius 2 is 2.03 bits per heavy atom. The zero-order valence-corrected chi connectivity index (χ0v) is 17.0. The summed E-state index contributed by atoms with van der Waals surface area (Å²) in [5.74, 6) is 0.920. The van der Waals surface area contributed by atoms with E-state index in [4.69, 9.17) is 4.42 Å². The summed E-state index contributed by atoms with van der Waals surface area (Å²) in [6.07, 6.45) is 0.788. The maximum absolute atomic E-state index is 12.5. The van der Waals surface area contributed by atoms with E-state index in [1.165, 1.54) is 34.6 Å². The Morgan fingerprint density at radius 3 is 2.69 bits per heavy atom. The molecule has 12 nitrogen and oxygen atoms in total. The van der Waals surface area contributed by atoms with Crippen molar-refractivity contribution in [2.75, 3.05) is 5.32 Å². The number of aromatic amines is 1. The minimum absolute atomic E-state index is 0.00470. The van der Waals surface area contributed by atoms with Gasteiger partial charge in [0.05, 0.1) is 30.4 Å². The highest BCUT2D eigenvalue weighted by Gasteiger charge is 2.20. The number of furan rings is 1. The van der Waals surface area contributed by atoms with Gasteiger partial charge in [0.2, 0.25) is 5.95 Å². The number of nitro groups is 1. The van der Waals surface area contributed by atoms with Crippen LogP contribution in [0.2, 0.25) is 0 Å². The van der Waals surface area contributed by atoms with Gasteiger partial charge >= 0.3 is 5.69 Å². The molecule has 12 heteroatoms. The van der Waals surface area contributed by atoms with Crippen LogP contribution in [0.15, 0.2) is 56.7 Å². The molecular formula is C20H20N6O6. The first-order valence-corrected chi connectivity index (χ1v) is 9.70. The molecule has 1 atom stereocenters. The highest BCUT2D eigenvalue weighted by molar-refractivity contribution is 5.74. The lowest BCUT2D eigenvalue weighted by molar-refractivity contribution is -0.384. The predicted molar refractivity (Wildman–Crippen MR) is 114 cm³/mol. The van der Waals surface area contributed by atoms with Crippen LogP contribution in [-0.2, 0) is 26.6 Å². The summed E-state index contributed by atoms with van der Waals surface area (Å²) in [6, 6.07) is 9.38. The number of H-pyrrole nitrogens is 1. The number of non-ortho nitro benzene ring substituents is 1. The number of benzene rings is 1. The molecule has 0 bridgehead atoms. The van der Waals surface area contributed by atoms with Crippen molar-refractivity contribution < 1.29 is 14.4 Å². The summed E-state index contributed by atoms with van der Waals surface area (Å²) in [7, 11) is 1.49. The van der Waals surface area contributed by atoms with Crippen molar-refractivity contribution in [3.8, 4) is 0 Å². The Morgan fingerprint density at radius 1 is 1.28 bits per heavy atom. The van der Waals surface area contributed by atoms with Crippen molar-refractivity contribution in [1.82, 2.24) is 19.1 Å². The molecule has 166 valence electrons. The number of aromatic nitrogens is 4. The van der Waals surface area contributed by atoms with Crippen LogP contribution in [0.1, 0.15) is 11.3 Å². The highest BCUT2D eigenvalue weighted by atomic mass is 16.6. The lowest BCUT2D eigenvalue weighted by Crippen LogP contribution is -2.30. The van der Waals surface area contributed by atoms with Crippen LogP contribution in [0.5, 0.6) is 0 Å². The molecular weight excluding hydrogens is 420 g/mol. The number of rotatable bonds is 8. The summed E-state index contributed by atoms with van der Waals surface area (Å²) in [6.45, 7) is 0.274. The minimum atomic E-state index is -0.936. The third kappa shape index (κ3) is 4.16. The number of nitrogens with zero attached hydrogens (tertiary/aromatic N) is 4. The van der Waals surface area contributed by atoms with Crippen LogP contribution < -0.4 is 16.6 Å². The molecule has 4 rings (SSSR count). The molecule has 4 aromatic rings. The molecule has 0 spiro atoms. The standard InChI is InChI=1S/C20H20N6O6/c1-24-17-16(18(28)23-20(24)29)25(19(22-17)21-10-15-3-2-8-32-15)11-14(27)9-12-4-6-13(7-5-12)26(30)31/h2-8,14,27H,9-11H2,1H3,(H,21,22)(H,23,28,29)/t14-/m0/s1.